The normalized spacial score (nSPS) is 26.2. The third-order valence-electron chi connectivity index (χ3n) is 6.35. The molecule has 1 aromatic carbocycles. The number of fused-ring (bicyclic) bond motifs is 4. The number of ether oxygens (including phenoxy) is 6. The number of nitrogens with zero attached hydrogens (tertiary/aromatic N) is 1. The van der Waals surface area contributed by atoms with Gasteiger partial charge in [0.05, 0.1) is 13.7 Å². The van der Waals surface area contributed by atoms with Gasteiger partial charge in [-0.15, -0.1) is 0 Å². The highest BCUT2D eigenvalue weighted by molar-refractivity contribution is 5.71. The molecule has 3 aliphatic rings. The first-order valence-electron chi connectivity index (χ1n) is 10.4. The van der Waals surface area contributed by atoms with Crippen LogP contribution >= 0.6 is 0 Å². The lowest BCUT2D eigenvalue weighted by Crippen LogP contribution is -2.60. The third kappa shape index (κ3) is 3.58. The first-order valence-corrected chi connectivity index (χ1v) is 10.4. The minimum atomic E-state index is -1.21. The molecule has 9 nitrogen and oxygen atoms in total. The number of rotatable bonds is 3. The van der Waals surface area contributed by atoms with E-state index in [1.165, 1.54) is 14.2 Å². The molecule has 0 unspecified atom stereocenters. The van der Waals surface area contributed by atoms with Crippen LogP contribution in [0.3, 0.4) is 0 Å². The van der Waals surface area contributed by atoms with E-state index < -0.39 is 23.6 Å². The van der Waals surface area contributed by atoms with Crippen molar-refractivity contribution >= 4 is 6.09 Å². The summed E-state index contributed by atoms with van der Waals surface area (Å²) < 4.78 is 33.8. The number of amides is 1. The van der Waals surface area contributed by atoms with Crippen molar-refractivity contribution in [2.45, 2.75) is 69.6 Å². The Morgan fingerprint density at radius 2 is 1.94 bits per heavy atom. The number of aliphatic hydroxyl groups excluding tert-OH is 1. The summed E-state index contributed by atoms with van der Waals surface area (Å²) in [5.41, 5.74) is 1.14. The number of hydrogen-bond acceptors (Lipinski definition) is 8. The zero-order chi connectivity index (χ0) is 22.6. The van der Waals surface area contributed by atoms with E-state index in [0.717, 1.165) is 11.1 Å². The minimum absolute atomic E-state index is 0.109. The second-order valence-electron chi connectivity index (χ2n) is 9.17. The van der Waals surface area contributed by atoms with Gasteiger partial charge in [0.15, 0.2) is 17.3 Å². The molecule has 3 atom stereocenters. The van der Waals surface area contributed by atoms with Crippen molar-refractivity contribution in [3.63, 3.8) is 0 Å². The Morgan fingerprint density at radius 3 is 2.55 bits per heavy atom. The largest absolute Gasteiger partial charge is 0.492 e. The van der Waals surface area contributed by atoms with Crippen molar-refractivity contribution in [1.29, 1.82) is 0 Å². The summed E-state index contributed by atoms with van der Waals surface area (Å²) in [7, 11) is 4.57. The predicted molar refractivity (Wildman–Crippen MR) is 109 cm³/mol. The zero-order valence-electron chi connectivity index (χ0n) is 18.9. The van der Waals surface area contributed by atoms with E-state index in [9.17, 15) is 9.90 Å². The van der Waals surface area contributed by atoms with E-state index in [1.807, 2.05) is 26.8 Å². The molecule has 0 spiro atoms. The van der Waals surface area contributed by atoms with E-state index in [0.29, 0.717) is 30.1 Å². The fourth-order valence-corrected chi connectivity index (χ4v) is 4.92. The molecule has 31 heavy (non-hydrogen) atoms. The third-order valence-corrected chi connectivity index (χ3v) is 6.35. The number of benzene rings is 1. The van der Waals surface area contributed by atoms with Crippen LogP contribution < -0.4 is 14.2 Å². The van der Waals surface area contributed by atoms with Crippen LogP contribution in [-0.2, 0) is 20.8 Å². The Kier molecular flexibility index (Phi) is 5.47. The average molecular weight is 437 g/mol. The molecule has 0 bridgehead atoms. The van der Waals surface area contributed by atoms with Crippen molar-refractivity contribution < 1.29 is 38.3 Å². The Labute approximate surface area is 182 Å². The summed E-state index contributed by atoms with van der Waals surface area (Å²) in [6.45, 7) is 5.87. The molecule has 1 amide bonds. The molecule has 0 aromatic heterocycles. The van der Waals surface area contributed by atoms with Gasteiger partial charge in [0.2, 0.25) is 12.5 Å². The molecular weight excluding hydrogens is 406 g/mol. The van der Waals surface area contributed by atoms with Crippen LogP contribution in [-0.4, -0.2) is 67.8 Å². The molecule has 1 saturated carbocycles. The van der Waals surface area contributed by atoms with Crippen LogP contribution in [0.4, 0.5) is 4.79 Å². The van der Waals surface area contributed by atoms with Gasteiger partial charge in [0, 0.05) is 38.2 Å². The quantitative estimate of drug-likeness (QED) is 0.722. The maximum absolute atomic E-state index is 13.2. The summed E-state index contributed by atoms with van der Waals surface area (Å²) in [6.07, 6.45) is -0.695. The molecule has 1 aliphatic carbocycles. The fraction of sp³-hybridized carbons (Fsp3) is 0.682. The number of hydrogen-bond donors (Lipinski definition) is 1. The van der Waals surface area contributed by atoms with Crippen LogP contribution in [0.25, 0.3) is 0 Å². The Morgan fingerprint density at radius 1 is 1.23 bits per heavy atom. The minimum Gasteiger partial charge on any atom is -0.492 e. The predicted octanol–water partition coefficient (Wildman–Crippen LogP) is 2.77. The monoisotopic (exact) mass is 437 g/mol. The molecule has 2 heterocycles. The van der Waals surface area contributed by atoms with Gasteiger partial charge in [-0.3, -0.25) is 4.90 Å². The van der Waals surface area contributed by atoms with Gasteiger partial charge in [0.25, 0.3) is 0 Å². The van der Waals surface area contributed by atoms with Gasteiger partial charge in [-0.1, -0.05) is 0 Å². The van der Waals surface area contributed by atoms with E-state index in [4.69, 9.17) is 28.4 Å². The average Bonchev–Trinajstić information content (AvgIpc) is 3.18. The number of methoxy groups -OCH3 is 3. The highest BCUT2D eigenvalue weighted by atomic mass is 16.7. The van der Waals surface area contributed by atoms with E-state index in [1.54, 1.807) is 12.0 Å². The lowest BCUT2D eigenvalue weighted by molar-refractivity contribution is -0.283. The fourth-order valence-electron chi connectivity index (χ4n) is 4.92. The summed E-state index contributed by atoms with van der Waals surface area (Å²) in [5, 5.41) is 10.9. The lowest BCUT2D eigenvalue weighted by atomic mass is 9.71. The van der Waals surface area contributed by atoms with Gasteiger partial charge in [0.1, 0.15) is 11.7 Å². The first kappa shape index (κ1) is 22.0. The van der Waals surface area contributed by atoms with Crippen molar-refractivity contribution in [2.24, 2.45) is 0 Å². The molecule has 2 aliphatic heterocycles. The van der Waals surface area contributed by atoms with Gasteiger partial charge < -0.3 is 33.5 Å². The Hall–Kier alpha value is -2.23. The lowest BCUT2D eigenvalue weighted by Gasteiger charge is -2.51. The molecule has 1 N–H and O–H groups in total. The highest BCUT2D eigenvalue weighted by Gasteiger charge is 2.54. The molecule has 9 heteroatoms. The van der Waals surface area contributed by atoms with Crippen LogP contribution in [0.2, 0.25) is 0 Å². The molecule has 0 saturated heterocycles. The summed E-state index contributed by atoms with van der Waals surface area (Å²) in [5.74, 6) is 0.280. The van der Waals surface area contributed by atoms with Gasteiger partial charge in [-0.25, -0.2) is 4.79 Å². The van der Waals surface area contributed by atoms with Gasteiger partial charge in [-0.05, 0) is 38.8 Å². The topological polar surface area (TPSA) is 95.9 Å². The summed E-state index contributed by atoms with van der Waals surface area (Å²) >= 11 is 0. The second kappa shape index (κ2) is 7.72. The van der Waals surface area contributed by atoms with Crippen molar-refractivity contribution in [2.75, 3.05) is 28.1 Å². The molecule has 0 radical (unpaired) electrons. The number of carbonyl (C=O) groups excluding carboxylic acids is 1. The number of carbonyl (C=O) groups is 1. The van der Waals surface area contributed by atoms with Crippen LogP contribution in [0.15, 0.2) is 6.07 Å². The summed E-state index contributed by atoms with van der Waals surface area (Å²) in [6, 6.07) is 1.62. The van der Waals surface area contributed by atoms with Crippen LogP contribution in [0.5, 0.6) is 17.2 Å². The molecule has 1 fully saturated rings. The second-order valence-corrected chi connectivity index (χ2v) is 9.17. The van der Waals surface area contributed by atoms with Crippen molar-refractivity contribution in [3.8, 4) is 17.2 Å². The zero-order valence-corrected chi connectivity index (χ0v) is 18.9. The molecule has 4 rings (SSSR count). The van der Waals surface area contributed by atoms with Gasteiger partial charge in [-0.2, -0.15) is 0 Å². The smallest absolute Gasteiger partial charge is 0.410 e. The van der Waals surface area contributed by atoms with Crippen molar-refractivity contribution in [1.82, 2.24) is 4.90 Å². The van der Waals surface area contributed by atoms with E-state index in [-0.39, 0.29) is 25.3 Å². The molecular formula is C22H31NO8. The van der Waals surface area contributed by atoms with E-state index in [2.05, 4.69) is 0 Å². The van der Waals surface area contributed by atoms with Crippen LogP contribution in [0.1, 0.15) is 50.7 Å². The first-order chi connectivity index (χ1) is 14.6. The SMILES string of the molecule is COc1c2c(cc3c1OCO3)[C@H]1C[C@@H](O)C(OC)(OC)C[C@@H]1N(C(=O)OC(C)(C)C)C2. The van der Waals surface area contributed by atoms with Crippen LogP contribution in [0, 0.1) is 0 Å². The maximum atomic E-state index is 13.2. The Bertz CT molecular complexity index is 860. The van der Waals surface area contributed by atoms with E-state index >= 15 is 0 Å². The standard InChI is InChI=1S/C22H31NO8/c1-21(2,3)31-20(25)23-10-14-12(7-16-19(18(14)26-4)30-11-29-16)13-8-17(24)22(27-5,28-6)9-15(13)23/h7,13,15,17,24H,8-11H2,1-6H3/t13-,15+,17-/m1/s1. The maximum Gasteiger partial charge on any atom is 0.410 e. The van der Waals surface area contributed by atoms with Crippen molar-refractivity contribution in [3.05, 3.63) is 17.2 Å². The highest BCUT2D eigenvalue weighted by Crippen LogP contribution is 2.54. The van der Waals surface area contributed by atoms with Gasteiger partial charge >= 0.3 is 6.09 Å². The summed E-state index contributed by atoms with van der Waals surface area (Å²) in [4.78, 5) is 14.9. The molecule has 172 valence electrons. The number of aliphatic hydroxyl groups is 1. The Balaban J connectivity index is 1.82. The molecule has 1 aromatic rings.